The summed E-state index contributed by atoms with van der Waals surface area (Å²) in [5.41, 5.74) is 4.90. The highest BCUT2D eigenvalue weighted by Crippen LogP contribution is 2.38. The largest absolute Gasteiger partial charge is 0.480 e. The van der Waals surface area contributed by atoms with Crippen molar-refractivity contribution in [3.8, 4) is 0 Å². The summed E-state index contributed by atoms with van der Waals surface area (Å²) in [5.74, 6) is -0.930. The minimum atomic E-state index is -1.33. The molecule has 1 aliphatic rings. The molecule has 0 unspecified atom stereocenters. The second-order valence-electron chi connectivity index (χ2n) is 7.38. The molecule has 1 rings (SSSR count). The zero-order valence-corrected chi connectivity index (χ0v) is 13.3. The lowest BCUT2D eigenvalue weighted by Gasteiger charge is -2.42. The van der Waals surface area contributed by atoms with Crippen LogP contribution in [0.2, 0.25) is 6.32 Å². The van der Waals surface area contributed by atoms with Gasteiger partial charge in [0.05, 0.1) is 0 Å². The van der Waals surface area contributed by atoms with Crippen LogP contribution in [0.5, 0.6) is 0 Å². The minimum Gasteiger partial charge on any atom is -0.480 e. The summed E-state index contributed by atoms with van der Waals surface area (Å²) < 4.78 is 0. The first-order chi connectivity index (χ1) is 9.54. The lowest BCUT2D eigenvalue weighted by Crippen LogP contribution is -2.60. The number of aliphatic carboxylic acids is 1. The highest BCUT2D eigenvalue weighted by atomic mass is 16.4. The molecule has 1 fully saturated rings. The number of hydrogen-bond acceptors (Lipinski definition) is 5. The zero-order valence-electron chi connectivity index (χ0n) is 13.3. The Bertz CT molecular complexity index is 359. The summed E-state index contributed by atoms with van der Waals surface area (Å²) in [6.07, 6.45) is 2.90. The Kier molecular flexibility index (Phi) is 6.22. The van der Waals surface area contributed by atoms with E-state index in [2.05, 4.69) is 5.32 Å². The Morgan fingerprint density at radius 1 is 1.38 bits per heavy atom. The van der Waals surface area contributed by atoms with E-state index in [-0.39, 0.29) is 23.7 Å². The molecule has 0 bridgehead atoms. The van der Waals surface area contributed by atoms with Gasteiger partial charge in [-0.2, -0.15) is 0 Å². The van der Waals surface area contributed by atoms with Crippen LogP contribution >= 0.6 is 0 Å². The topological polar surface area (TPSA) is 116 Å². The highest BCUT2D eigenvalue weighted by Gasteiger charge is 2.46. The Balaban J connectivity index is 2.68. The van der Waals surface area contributed by atoms with E-state index in [1.54, 1.807) is 0 Å². The Hall–Kier alpha value is -0.625. The summed E-state index contributed by atoms with van der Waals surface area (Å²) in [4.78, 5) is 11.6. The maximum atomic E-state index is 11.6. The van der Waals surface area contributed by atoms with E-state index in [0.717, 1.165) is 12.8 Å². The van der Waals surface area contributed by atoms with Gasteiger partial charge in [0.1, 0.15) is 5.54 Å². The summed E-state index contributed by atoms with van der Waals surface area (Å²) in [6.45, 7) is 6.71. The first-order valence-electron chi connectivity index (χ1n) is 7.68. The molecule has 122 valence electrons. The molecule has 1 saturated carbocycles. The fraction of sp³-hybridized carbons (Fsp3) is 0.929. The average molecular weight is 300 g/mol. The number of hydrogen-bond donors (Lipinski definition) is 5. The summed E-state index contributed by atoms with van der Waals surface area (Å²) >= 11 is 0. The van der Waals surface area contributed by atoms with Gasteiger partial charge in [0.25, 0.3) is 0 Å². The molecule has 1 aliphatic carbocycles. The van der Waals surface area contributed by atoms with Crippen molar-refractivity contribution in [2.24, 2.45) is 17.6 Å². The molecule has 7 heteroatoms. The average Bonchev–Trinajstić information content (AvgIpc) is 2.33. The Labute approximate surface area is 127 Å². The van der Waals surface area contributed by atoms with Gasteiger partial charge < -0.3 is 26.2 Å². The summed E-state index contributed by atoms with van der Waals surface area (Å²) in [7, 11) is -1.33. The van der Waals surface area contributed by atoms with Crippen LogP contribution in [0.4, 0.5) is 0 Å². The summed E-state index contributed by atoms with van der Waals surface area (Å²) in [5, 5.41) is 30.8. The molecule has 0 aliphatic heterocycles. The number of carboxylic acids is 1. The molecule has 0 amide bonds. The molecular formula is C14H29BN2O4. The molecule has 0 aromatic carbocycles. The molecule has 0 aromatic heterocycles. The third-order valence-corrected chi connectivity index (χ3v) is 4.39. The van der Waals surface area contributed by atoms with E-state index in [1.165, 1.54) is 0 Å². The van der Waals surface area contributed by atoms with E-state index >= 15 is 0 Å². The maximum absolute atomic E-state index is 11.6. The van der Waals surface area contributed by atoms with Gasteiger partial charge in [-0.15, -0.1) is 0 Å². The predicted molar refractivity (Wildman–Crippen MR) is 82.8 cm³/mol. The fourth-order valence-electron chi connectivity index (χ4n) is 3.05. The van der Waals surface area contributed by atoms with E-state index < -0.39 is 18.6 Å². The van der Waals surface area contributed by atoms with Crippen LogP contribution in [0.25, 0.3) is 0 Å². The van der Waals surface area contributed by atoms with E-state index in [4.69, 9.17) is 15.8 Å². The number of nitrogens with one attached hydrogen (secondary N) is 1. The standard InChI is InChI=1S/C14H29BN2O4/c1-13(2,3)17-9-11-5-4-10(6-7-15(20)21)8-14(11,16)12(18)19/h10-11,17,20-21H,4-9,16H2,1-3H3,(H,18,19)/t10-,11-,14+/m0/s1. The molecule has 21 heavy (non-hydrogen) atoms. The Morgan fingerprint density at radius 3 is 2.48 bits per heavy atom. The number of nitrogens with two attached hydrogens (primary N) is 1. The van der Waals surface area contributed by atoms with Gasteiger partial charge in [-0.25, -0.2) is 0 Å². The first-order valence-corrected chi connectivity index (χ1v) is 7.68. The molecule has 6 N–H and O–H groups in total. The molecular weight excluding hydrogens is 271 g/mol. The van der Waals surface area contributed by atoms with Crippen LogP contribution in [-0.4, -0.2) is 45.9 Å². The molecule has 0 spiro atoms. The highest BCUT2D eigenvalue weighted by molar-refractivity contribution is 6.40. The zero-order chi connectivity index (χ0) is 16.3. The molecule has 0 heterocycles. The number of carboxylic acid groups (broad SMARTS) is 1. The monoisotopic (exact) mass is 300 g/mol. The van der Waals surface area contributed by atoms with Gasteiger partial charge >= 0.3 is 13.1 Å². The van der Waals surface area contributed by atoms with Crippen molar-refractivity contribution in [2.45, 2.75) is 63.9 Å². The van der Waals surface area contributed by atoms with Crippen molar-refractivity contribution in [1.82, 2.24) is 5.32 Å². The van der Waals surface area contributed by atoms with Gasteiger partial charge in [-0.05, 0) is 52.3 Å². The van der Waals surface area contributed by atoms with Crippen molar-refractivity contribution in [3.63, 3.8) is 0 Å². The lowest BCUT2D eigenvalue weighted by molar-refractivity contribution is -0.148. The molecule has 0 radical (unpaired) electrons. The van der Waals surface area contributed by atoms with E-state index in [0.29, 0.717) is 19.4 Å². The van der Waals surface area contributed by atoms with Crippen LogP contribution in [-0.2, 0) is 4.79 Å². The van der Waals surface area contributed by atoms with Crippen molar-refractivity contribution in [1.29, 1.82) is 0 Å². The van der Waals surface area contributed by atoms with Gasteiger partial charge in [0, 0.05) is 18.0 Å². The van der Waals surface area contributed by atoms with Crippen LogP contribution < -0.4 is 11.1 Å². The van der Waals surface area contributed by atoms with Gasteiger partial charge in [-0.1, -0.05) is 6.42 Å². The van der Waals surface area contributed by atoms with Gasteiger partial charge in [0.2, 0.25) is 0 Å². The van der Waals surface area contributed by atoms with E-state index in [9.17, 15) is 9.90 Å². The van der Waals surface area contributed by atoms with Gasteiger partial charge in [0.15, 0.2) is 0 Å². The second kappa shape index (κ2) is 7.09. The normalized spacial score (nSPS) is 30.2. The minimum absolute atomic E-state index is 0.0722. The van der Waals surface area contributed by atoms with Crippen LogP contribution in [0, 0.1) is 11.8 Å². The van der Waals surface area contributed by atoms with Gasteiger partial charge in [-0.3, -0.25) is 4.79 Å². The lowest BCUT2D eigenvalue weighted by atomic mass is 9.66. The SMILES string of the molecule is CC(C)(C)NC[C@@H]1CC[C@@H](CCB(O)O)C[C@]1(N)C(=O)O. The van der Waals surface area contributed by atoms with Crippen LogP contribution in [0.3, 0.4) is 0 Å². The maximum Gasteiger partial charge on any atom is 0.451 e. The van der Waals surface area contributed by atoms with Crippen molar-refractivity contribution in [2.75, 3.05) is 6.54 Å². The second-order valence-corrected chi connectivity index (χ2v) is 7.38. The van der Waals surface area contributed by atoms with Crippen LogP contribution in [0.1, 0.15) is 46.5 Å². The third kappa shape index (κ3) is 5.58. The molecule has 6 nitrogen and oxygen atoms in total. The summed E-state index contributed by atoms with van der Waals surface area (Å²) in [6, 6.07) is 0. The van der Waals surface area contributed by atoms with Crippen molar-refractivity contribution in [3.05, 3.63) is 0 Å². The Morgan fingerprint density at radius 2 is 2.00 bits per heavy atom. The van der Waals surface area contributed by atoms with Crippen molar-refractivity contribution < 1.29 is 19.9 Å². The predicted octanol–water partition coefficient (Wildman–Crippen LogP) is 0.436. The van der Waals surface area contributed by atoms with E-state index in [1.807, 2.05) is 20.8 Å². The molecule has 0 saturated heterocycles. The molecule has 3 atom stereocenters. The third-order valence-electron chi connectivity index (χ3n) is 4.39. The van der Waals surface area contributed by atoms with Crippen molar-refractivity contribution >= 4 is 13.1 Å². The smallest absolute Gasteiger partial charge is 0.451 e. The van der Waals surface area contributed by atoms with Crippen LogP contribution in [0.15, 0.2) is 0 Å². The quantitative estimate of drug-likeness (QED) is 0.454. The first kappa shape index (κ1) is 18.4. The molecule has 0 aromatic rings. The number of rotatable bonds is 6. The number of carbonyl (C=O) groups is 1. The fourth-order valence-corrected chi connectivity index (χ4v) is 3.05.